The third-order valence-corrected chi connectivity index (χ3v) is 5.20. The van der Waals surface area contributed by atoms with E-state index in [1.807, 2.05) is 0 Å². The summed E-state index contributed by atoms with van der Waals surface area (Å²) in [5, 5.41) is 10.6. The number of nitrogens with zero attached hydrogens (tertiary/aromatic N) is 3. The molecule has 1 fully saturated rings. The lowest BCUT2D eigenvalue weighted by Crippen LogP contribution is -2.46. The van der Waals surface area contributed by atoms with Crippen molar-refractivity contribution in [3.63, 3.8) is 0 Å². The predicted octanol–water partition coefficient (Wildman–Crippen LogP) is 2.37. The normalized spacial score (nSPS) is 21.5. The number of halogens is 1. The van der Waals surface area contributed by atoms with Crippen LogP contribution in [0.25, 0.3) is 6.08 Å². The summed E-state index contributed by atoms with van der Waals surface area (Å²) < 4.78 is 0.854. The van der Waals surface area contributed by atoms with Crippen molar-refractivity contribution in [2.24, 2.45) is 4.99 Å². The van der Waals surface area contributed by atoms with E-state index in [4.69, 9.17) is 0 Å². The topological polar surface area (TPSA) is 56.1 Å². The minimum Gasteiger partial charge on any atom is -0.507 e. The van der Waals surface area contributed by atoms with Gasteiger partial charge in [0.25, 0.3) is 5.91 Å². The van der Waals surface area contributed by atoms with Gasteiger partial charge in [0.15, 0.2) is 5.17 Å². The summed E-state index contributed by atoms with van der Waals surface area (Å²) in [6, 6.07) is 5.14. The molecule has 1 amide bonds. The van der Waals surface area contributed by atoms with Crippen molar-refractivity contribution in [2.75, 3.05) is 33.2 Å². The van der Waals surface area contributed by atoms with E-state index in [1.165, 1.54) is 11.8 Å². The van der Waals surface area contributed by atoms with Crippen molar-refractivity contribution in [3.05, 3.63) is 33.1 Å². The van der Waals surface area contributed by atoms with Gasteiger partial charge in [-0.2, -0.15) is 4.99 Å². The van der Waals surface area contributed by atoms with Gasteiger partial charge in [-0.15, -0.1) is 0 Å². The van der Waals surface area contributed by atoms with Gasteiger partial charge in [0.05, 0.1) is 4.91 Å². The van der Waals surface area contributed by atoms with Crippen molar-refractivity contribution in [1.82, 2.24) is 9.80 Å². The summed E-state index contributed by atoms with van der Waals surface area (Å²) in [4.78, 5) is 21.2. The number of aliphatic imine (C=N–C) groups is 1. The van der Waals surface area contributed by atoms with Gasteiger partial charge in [-0.05, 0) is 43.1 Å². The third-order valence-electron chi connectivity index (χ3n) is 3.66. The highest BCUT2D eigenvalue weighted by atomic mass is 79.9. The van der Waals surface area contributed by atoms with Crippen LogP contribution in [-0.4, -0.2) is 59.2 Å². The number of likely N-dealkylation sites (N-methyl/N-ethyl adjacent to an activating group) is 1. The van der Waals surface area contributed by atoms with Crippen LogP contribution in [0.15, 0.2) is 32.6 Å². The molecule has 0 atom stereocenters. The molecular weight excluding hydrogens is 366 g/mol. The maximum Gasteiger partial charge on any atom is 0.286 e. The quantitative estimate of drug-likeness (QED) is 0.756. The lowest BCUT2D eigenvalue weighted by molar-refractivity contribution is -0.113. The Morgan fingerprint density at radius 1 is 1.32 bits per heavy atom. The Morgan fingerprint density at radius 3 is 2.77 bits per heavy atom. The average molecular weight is 382 g/mol. The fraction of sp³-hybridized carbons (Fsp3) is 0.333. The fourth-order valence-electron chi connectivity index (χ4n) is 2.31. The van der Waals surface area contributed by atoms with E-state index in [0.717, 1.165) is 35.8 Å². The van der Waals surface area contributed by atoms with Gasteiger partial charge in [0.1, 0.15) is 5.75 Å². The molecule has 2 aliphatic heterocycles. The molecule has 0 aromatic heterocycles. The van der Waals surface area contributed by atoms with E-state index in [1.54, 1.807) is 24.3 Å². The van der Waals surface area contributed by atoms with Gasteiger partial charge in [0, 0.05) is 36.2 Å². The molecule has 7 heteroatoms. The van der Waals surface area contributed by atoms with Crippen LogP contribution < -0.4 is 0 Å². The molecule has 2 heterocycles. The summed E-state index contributed by atoms with van der Waals surface area (Å²) in [5.74, 6) is -0.0875. The highest BCUT2D eigenvalue weighted by molar-refractivity contribution is 9.10. The van der Waals surface area contributed by atoms with Crippen LogP contribution in [0.1, 0.15) is 5.56 Å². The number of rotatable bonds is 1. The maximum atomic E-state index is 12.1. The van der Waals surface area contributed by atoms with Crippen LogP contribution in [0.4, 0.5) is 0 Å². The van der Waals surface area contributed by atoms with Gasteiger partial charge in [0.2, 0.25) is 0 Å². The number of hydrogen-bond acceptors (Lipinski definition) is 5. The van der Waals surface area contributed by atoms with E-state index >= 15 is 0 Å². The molecule has 22 heavy (non-hydrogen) atoms. The van der Waals surface area contributed by atoms with Crippen molar-refractivity contribution < 1.29 is 9.90 Å². The van der Waals surface area contributed by atoms with Crippen LogP contribution in [0.2, 0.25) is 0 Å². The summed E-state index contributed by atoms with van der Waals surface area (Å²) in [6.07, 6.45) is 1.69. The Balaban J connectivity index is 1.77. The monoisotopic (exact) mass is 381 g/mol. The number of hydrogen-bond donors (Lipinski definition) is 1. The largest absolute Gasteiger partial charge is 0.507 e. The molecule has 3 rings (SSSR count). The molecule has 116 valence electrons. The zero-order valence-corrected chi connectivity index (χ0v) is 14.5. The number of thioether (sulfide) groups is 1. The van der Waals surface area contributed by atoms with Gasteiger partial charge in [-0.1, -0.05) is 15.9 Å². The highest BCUT2D eigenvalue weighted by Crippen LogP contribution is 2.33. The van der Waals surface area contributed by atoms with Crippen molar-refractivity contribution in [3.8, 4) is 5.75 Å². The minimum absolute atomic E-state index is 0.150. The molecule has 1 aromatic carbocycles. The second-order valence-corrected chi connectivity index (χ2v) is 7.23. The molecule has 0 aliphatic carbocycles. The van der Waals surface area contributed by atoms with Crippen LogP contribution in [0.3, 0.4) is 0 Å². The molecule has 0 unspecified atom stereocenters. The number of piperazine rings is 1. The zero-order valence-electron chi connectivity index (χ0n) is 12.1. The number of amidine groups is 1. The first kappa shape index (κ1) is 15.6. The minimum atomic E-state index is -0.238. The van der Waals surface area contributed by atoms with E-state index < -0.39 is 0 Å². The molecule has 1 saturated heterocycles. The first-order valence-electron chi connectivity index (χ1n) is 6.97. The van der Waals surface area contributed by atoms with Crippen LogP contribution in [0.5, 0.6) is 5.75 Å². The highest BCUT2D eigenvalue weighted by Gasteiger charge is 2.27. The van der Waals surface area contributed by atoms with Crippen LogP contribution >= 0.6 is 27.7 Å². The van der Waals surface area contributed by atoms with Gasteiger partial charge in [-0.3, -0.25) is 4.79 Å². The molecule has 0 bridgehead atoms. The fourth-order valence-corrected chi connectivity index (χ4v) is 3.65. The standard InChI is InChI=1S/C15H16BrN3O2S/c1-18-4-6-19(7-5-18)15-17-14(21)13(22-15)9-10-8-11(16)2-3-12(10)20/h2-3,8-9,20H,4-7H2,1H3/b13-9+. The smallest absolute Gasteiger partial charge is 0.286 e. The third kappa shape index (κ3) is 3.37. The summed E-state index contributed by atoms with van der Waals surface area (Å²) in [6.45, 7) is 3.70. The van der Waals surface area contributed by atoms with Crippen molar-refractivity contribution >= 4 is 44.8 Å². The van der Waals surface area contributed by atoms with Gasteiger partial charge in [-0.25, -0.2) is 0 Å². The Bertz CT molecular complexity index is 667. The summed E-state index contributed by atoms with van der Waals surface area (Å²) >= 11 is 4.75. The average Bonchev–Trinajstić information content (AvgIpc) is 2.85. The molecule has 2 aliphatic rings. The molecular formula is C15H16BrN3O2S. The Hall–Kier alpha value is -1.31. The first-order chi connectivity index (χ1) is 10.5. The Labute approximate surface area is 141 Å². The number of benzene rings is 1. The number of aromatic hydroxyl groups is 1. The predicted molar refractivity (Wildman–Crippen MR) is 92.9 cm³/mol. The molecule has 0 radical (unpaired) electrons. The second-order valence-electron chi connectivity index (χ2n) is 5.30. The van der Waals surface area contributed by atoms with Gasteiger partial charge >= 0.3 is 0 Å². The second kappa shape index (κ2) is 6.44. The number of phenolic OH excluding ortho intramolecular Hbond substituents is 1. The van der Waals surface area contributed by atoms with E-state index in [0.29, 0.717) is 10.5 Å². The Morgan fingerprint density at radius 2 is 2.05 bits per heavy atom. The summed E-state index contributed by atoms with van der Waals surface area (Å²) in [5.41, 5.74) is 0.611. The van der Waals surface area contributed by atoms with Crippen LogP contribution in [0, 0.1) is 0 Å². The first-order valence-corrected chi connectivity index (χ1v) is 8.58. The maximum absolute atomic E-state index is 12.1. The van der Waals surface area contributed by atoms with Crippen molar-refractivity contribution in [2.45, 2.75) is 0 Å². The van der Waals surface area contributed by atoms with E-state index in [-0.39, 0.29) is 11.7 Å². The number of carbonyl (C=O) groups excluding carboxylic acids is 1. The molecule has 0 saturated carbocycles. The number of carbonyl (C=O) groups is 1. The number of amides is 1. The summed E-state index contributed by atoms with van der Waals surface area (Å²) in [7, 11) is 2.09. The van der Waals surface area contributed by atoms with Gasteiger partial charge < -0.3 is 14.9 Å². The molecule has 1 N–H and O–H groups in total. The SMILES string of the molecule is CN1CCN(C2=NC(=O)/C(=C\c3cc(Br)ccc3O)S2)CC1. The lowest BCUT2D eigenvalue weighted by atomic mass is 10.2. The lowest BCUT2D eigenvalue weighted by Gasteiger charge is -2.32. The van der Waals surface area contributed by atoms with E-state index in [2.05, 4.69) is 37.8 Å². The van der Waals surface area contributed by atoms with E-state index in [9.17, 15) is 9.90 Å². The van der Waals surface area contributed by atoms with Crippen LogP contribution in [-0.2, 0) is 4.79 Å². The van der Waals surface area contributed by atoms with Crippen molar-refractivity contribution in [1.29, 1.82) is 0 Å². The Kier molecular flexibility index (Phi) is 4.56. The molecule has 1 aromatic rings. The zero-order chi connectivity index (χ0) is 15.7. The molecule has 0 spiro atoms. The number of phenols is 1. The molecule has 5 nitrogen and oxygen atoms in total.